The van der Waals surface area contributed by atoms with Gasteiger partial charge in [0.05, 0.1) is 10.6 Å². The van der Waals surface area contributed by atoms with Crippen LogP contribution in [0.4, 0.5) is 11.4 Å². The van der Waals surface area contributed by atoms with Gasteiger partial charge < -0.3 is 5.32 Å². The van der Waals surface area contributed by atoms with Gasteiger partial charge in [0.2, 0.25) is 5.91 Å². The Hall–Kier alpha value is -2.91. The average molecular weight is 542 g/mol. The fourth-order valence-electron chi connectivity index (χ4n) is 3.24. The molecule has 0 saturated carbocycles. The van der Waals surface area contributed by atoms with Crippen LogP contribution in [0.1, 0.15) is 0 Å². The lowest BCUT2D eigenvalue weighted by atomic mass is 10.1. The highest BCUT2D eigenvalue weighted by Gasteiger charge is 2.27. The zero-order chi connectivity index (χ0) is 21.8. The summed E-state index contributed by atoms with van der Waals surface area (Å²) in [5, 5.41) is 4.88. The fraction of sp³-hybridized carbons (Fsp3) is 0.0417. The van der Waals surface area contributed by atoms with E-state index in [0.717, 1.165) is 18.6 Å². The van der Waals surface area contributed by atoms with Crippen LogP contribution in [0.15, 0.2) is 102 Å². The Balaban J connectivity index is 1.63. The van der Waals surface area contributed by atoms with E-state index in [0.29, 0.717) is 11.4 Å². The molecule has 5 nitrogen and oxygen atoms in total. The van der Waals surface area contributed by atoms with Crippen molar-refractivity contribution in [2.75, 3.05) is 16.2 Å². The largest absolute Gasteiger partial charge is 0.324 e. The van der Waals surface area contributed by atoms with E-state index in [4.69, 9.17) is 0 Å². The van der Waals surface area contributed by atoms with Crippen molar-refractivity contribution < 1.29 is 13.2 Å². The first-order valence-electron chi connectivity index (χ1n) is 9.55. The van der Waals surface area contributed by atoms with Crippen LogP contribution < -0.4 is 9.62 Å². The summed E-state index contributed by atoms with van der Waals surface area (Å²) in [5.41, 5.74) is 1.04. The van der Waals surface area contributed by atoms with Gasteiger partial charge in [0.1, 0.15) is 6.54 Å². The minimum atomic E-state index is -3.92. The third kappa shape index (κ3) is 4.88. The van der Waals surface area contributed by atoms with Crippen LogP contribution in [0.25, 0.3) is 10.8 Å². The lowest BCUT2D eigenvalue weighted by Gasteiger charge is -2.24. The van der Waals surface area contributed by atoms with Crippen molar-refractivity contribution in [3.8, 4) is 0 Å². The zero-order valence-corrected chi connectivity index (χ0v) is 19.4. The van der Waals surface area contributed by atoms with Gasteiger partial charge in [-0.3, -0.25) is 9.10 Å². The molecule has 0 saturated heterocycles. The van der Waals surface area contributed by atoms with Crippen LogP contribution in [0.2, 0.25) is 0 Å². The van der Waals surface area contributed by atoms with Crippen molar-refractivity contribution in [1.29, 1.82) is 0 Å². The third-order valence-electron chi connectivity index (χ3n) is 4.77. The topological polar surface area (TPSA) is 66.5 Å². The van der Waals surface area contributed by atoms with Gasteiger partial charge in [-0.05, 0) is 81.9 Å². The van der Waals surface area contributed by atoms with Gasteiger partial charge in [-0.25, -0.2) is 8.42 Å². The summed E-state index contributed by atoms with van der Waals surface area (Å²) in [6.07, 6.45) is 0. The summed E-state index contributed by atoms with van der Waals surface area (Å²) in [7, 11) is -3.92. The number of carbonyl (C=O) groups excluding carboxylic acids is 1. The van der Waals surface area contributed by atoms with Gasteiger partial charge >= 0.3 is 0 Å². The van der Waals surface area contributed by atoms with E-state index in [2.05, 4.69) is 27.9 Å². The van der Waals surface area contributed by atoms with Crippen LogP contribution in [0.5, 0.6) is 0 Å². The molecule has 0 heterocycles. The molecule has 0 radical (unpaired) electrons. The number of fused-ring (bicyclic) bond motifs is 1. The minimum Gasteiger partial charge on any atom is -0.324 e. The highest BCUT2D eigenvalue weighted by atomic mass is 127. The first-order chi connectivity index (χ1) is 14.9. The molecule has 0 spiro atoms. The number of nitrogens with zero attached hydrogens (tertiary/aromatic N) is 1. The number of nitrogens with one attached hydrogen (secondary N) is 1. The Labute approximate surface area is 194 Å². The summed E-state index contributed by atoms with van der Waals surface area (Å²) in [6, 6.07) is 28.6. The van der Waals surface area contributed by atoms with Crippen molar-refractivity contribution in [2.45, 2.75) is 4.90 Å². The second-order valence-corrected chi connectivity index (χ2v) is 10.0. The van der Waals surface area contributed by atoms with E-state index in [1.807, 2.05) is 48.5 Å². The van der Waals surface area contributed by atoms with Crippen LogP contribution in [-0.4, -0.2) is 20.9 Å². The summed E-state index contributed by atoms with van der Waals surface area (Å²) >= 11 is 2.15. The normalized spacial score (nSPS) is 11.3. The molecule has 1 N–H and O–H groups in total. The number of hydrogen-bond acceptors (Lipinski definition) is 3. The molecule has 4 aromatic carbocycles. The highest BCUT2D eigenvalue weighted by molar-refractivity contribution is 14.1. The van der Waals surface area contributed by atoms with Gasteiger partial charge in [0.25, 0.3) is 10.0 Å². The number of halogens is 1. The van der Waals surface area contributed by atoms with E-state index < -0.39 is 15.9 Å². The molecule has 0 unspecified atom stereocenters. The van der Waals surface area contributed by atoms with E-state index in [-0.39, 0.29) is 11.4 Å². The van der Waals surface area contributed by atoms with Crippen molar-refractivity contribution in [3.63, 3.8) is 0 Å². The van der Waals surface area contributed by atoms with Crippen LogP contribution in [0, 0.1) is 3.57 Å². The van der Waals surface area contributed by atoms with Crippen LogP contribution in [-0.2, 0) is 14.8 Å². The summed E-state index contributed by atoms with van der Waals surface area (Å²) < 4.78 is 28.8. The Morgan fingerprint density at radius 3 is 2.16 bits per heavy atom. The molecule has 0 fully saturated rings. The van der Waals surface area contributed by atoms with Gasteiger partial charge in [0, 0.05) is 9.26 Å². The van der Waals surface area contributed by atoms with Crippen molar-refractivity contribution in [2.24, 2.45) is 0 Å². The van der Waals surface area contributed by atoms with Gasteiger partial charge in [-0.1, -0.05) is 48.5 Å². The van der Waals surface area contributed by atoms with Gasteiger partial charge in [0.15, 0.2) is 0 Å². The number of amides is 1. The van der Waals surface area contributed by atoms with E-state index in [1.54, 1.807) is 36.4 Å². The molecule has 0 aliphatic carbocycles. The van der Waals surface area contributed by atoms with E-state index >= 15 is 0 Å². The first-order valence-corrected chi connectivity index (χ1v) is 12.1. The molecular formula is C24H19IN2O3S. The van der Waals surface area contributed by atoms with Gasteiger partial charge in [-0.2, -0.15) is 0 Å². The van der Waals surface area contributed by atoms with Gasteiger partial charge in [-0.15, -0.1) is 0 Å². The predicted octanol–water partition coefficient (Wildman–Crippen LogP) is 5.28. The number of anilines is 2. The number of hydrogen-bond donors (Lipinski definition) is 1. The molecule has 7 heteroatoms. The lowest BCUT2D eigenvalue weighted by Crippen LogP contribution is -2.38. The van der Waals surface area contributed by atoms with Crippen molar-refractivity contribution in [1.82, 2.24) is 0 Å². The molecule has 4 aromatic rings. The molecule has 0 aliphatic rings. The van der Waals surface area contributed by atoms with Crippen molar-refractivity contribution >= 4 is 60.7 Å². The second-order valence-electron chi connectivity index (χ2n) is 6.91. The fourth-order valence-corrected chi connectivity index (χ4v) is 5.04. The lowest BCUT2D eigenvalue weighted by molar-refractivity contribution is -0.114. The number of sulfonamides is 1. The third-order valence-corrected chi connectivity index (χ3v) is 7.27. The SMILES string of the molecule is O=C(CN(c1ccc(I)cc1)S(=O)(=O)c1ccccc1)Nc1ccc2ccccc2c1. The standard InChI is InChI=1S/C24H19IN2O3S/c25-20-11-14-22(15-12-20)27(31(29,30)23-8-2-1-3-9-23)17-24(28)26-21-13-10-18-6-4-5-7-19(18)16-21/h1-16H,17H2,(H,26,28). The smallest absolute Gasteiger partial charge is 0.264 e. The Bertz CT molecular complexity index is 1320. The molecular weight excluding hydrogens is 523 g/mol. The average Bonchev–Trinajstić information content (AvgIpc) is 2.78. The zero-order valence-electron chi connectivity index (χ0n) is 16.4. The Morgan fingerprint density at radius 1 is 0.806 bits per heavy atom. The molecule has 1 amide bonds. The number of benzene rings is 4. The summed E-state index contributed by atoms with van der Waals surface area (Å²) in [5.74, 6) is -0.423. The van der Waals surface area contributed by atoms with Crippen LogP contribution in [0.3, 0.4) is 0 Å². The second kappa shape index (κ2) is 9.07. The van der Waals surface area contributed by atoms with E-state index in [1.165, 1.54) is 12.1 Å². The predicted molar refractivity (Wildman–Crippen MR) is 133 cm³/mol. The van der Waals surface area contributed by atoms with Crippen molar-refractivity contribution in [3.05, 3.63) is 101 Å². The number of rotatable bonds is 6. The summed E-state index contributed by atoms with van der Waals surface area (Å²) in [4.78, 5) is 13.0. The number of carbonyl (C=O) groups is 1. The van der Waals surface area contributed by atoms with Crippen LogP contribution >= 0.6 is 22.6 Å². The molecule has 156 valence electrons. The molecule has 0 aromatic heterocycles. The molecule has 0 atom stereocenters. The Kier molecular flexibility index (Phi) is 6.24. The maximum absolute atomic E-state index is 13.3. The highest BCUT2D eigenvalue weighted by Crippen LogP contribution is 2.25. The molecule has 4 rings (SSSR count). The quantitative estimate of drug-likeness (QED) is 0.338. The Morgan fingerprint density at radius 2 is 1.45 bits per heavy atom. The monoisotopic (exact) mass is 542 g/mol. The molecule has 31 heavy (non-hydrogen) atoms. The van der Waals surface area contributed by atoms with E-state index in [9.17, 15) is 13.2 Å². The first kappa shape index (κ1) is 21.3. The summed E-state index contributed by atoms with van der Waals surface area (Å²) in [6.45, 7) is -0.343. The maximum Gasteiger partial charge on any atom is 0.264 e. The minimum absolute atomic E-state index is 0.132. The maximum atomic E-state index is 13.3. The molecule has 0 aliphatic heterocycles. The molecule has 0 bridgehead atoms.